The minimum atomic E-state index is 0.420. The van der Waals surface area contributed by atoms with Crippen molar-refractivity contribution < 1.29 is 9.47 Å². The quantitative estimate of drug-likeness (QED) is 0.807. The van der Waals surface area contributed by atoms with Crippen LogP contribution in [0.1, 0.15) is 52.0 Å². The molecule has 1 aliphatic rings. The van der Waals surface area contributed by atoms with Crippen molar-refractivity contribution in [3.8, 4) is 11.6 Å². The van der Waals surface area contributed by atoms with Gasteiger partial charge in [-0.3, -0.25) is 0 Å². The molecule has 0 bridgehead atoms. The minimum Gasteiger partial charge on any atom is -0.491 e. The Morgan fingerprint density at radius 1 is 1.14 bits per heavy atom. The van der Waals surface area contributed by atoms with Crippen LogP contribution in [0.5, 0.6) is 11.6 Å². The molecule has 116 valence electrons. The summed E-state index contributed by atoms with van der Waals surface area (Å²) in [6, 6.07) is 1.99. The van der Waals surface area contributed by atoms with Crippen LogP contribution in [0.25, 0.3) is 6.08 Å². The normalized spacial score (nSPS) is 19.3. The highest BCUT2D eigenvalue weighted by Crippen LogP contribution is 2.40. The SMILES string of the molecule is COc1nccc(C=C2CCC(C(C)(C)C)CC2)c1OC. The fraction of sp³-hybridized carbons (Fsp3) is 0.611. The van der Waals surface area contributed by atoms with Crippen molar-refractivity contribution in [3.63, 3.8) is 0 Å². The largest absolute Gasteiger partial charge is 0.491 e. The van der Waals surface area contributed by atoms with Crippen LogP contribution >= 0.6 is 0 Å². The molecule has 0 radical (unpaired) electrons. The lowest BCUT2D eigenvalue weighted by molar-refractivity contribution is 0.198. The van der Waals surface area contributed by atoms with E-state index in [4.69, 9.17) is 9.47 Å². The van der Waals surface area contributed by atoms with Gasteiger partial charge in [0.05, 0.1) is 14.2 Å². The molecule has 1 aliphatic carbocycles. The van der Waals surface area contributed by atoms with Crippen LogP contribution in [0.4, 0.5) is 0 Å². The number of hydrogen-bond donors (Lipinski definition) is 0. The molecule has 1 aromatic rings. The van der Waals surface area contributed by atoms with Gasteiger partial charge in [0.25, 0.3) is 5.88 Å². The van der Waals surface area contributed by atoms with E-state index < -0.39 is 0 Å². The van der Waals surface area contributed by atoms with E-state index in [-0.39, 0.29) is 0 Å². The molecule has 1 aromatic heterocycles. The molecule has 0 spiro atoms. The Bertz CT molecular complexity index is 504. The van der Waals surface area contributed by atoms with Gasteiger partial charge in [0, 0.05) is 11.8 Å². The second-order valence-corrected chi connectivity index (χ2v) is 6.89. The number of ether oxygens (including phenoxy) is 2. The van der Waals surface area contributed by atoms with Gasteiger partial charge in [0.1, 0.15) is 0 Å². The van der Waals surface area contributed by atoms with Gasteiger partial charge in [0.15, 0.2) is 5.75 Å². The predicted octanol–water partition coefficient (Wildman–Crippen LogP) is 4.72. The van der Waals surface area contributed by atoms with Gasteiger partial charge in [-0.05, 0) is 43.1 Å². The van der Waals surface area contributed by atoms with E-state index in [1.165, 1.54) is 31.3 Å². The Kier molecular flexibility index (Phi) is 4.92. The minimum absolute atomic E-state index is 0.420. The van der Waals surface area contributed by atoms with Crippen LogP contribution in [0, 0.1) is 11.3 Å². The van der Waals surface area contributed by atoms with Crippen LogP contribution in [0.3, 0.4) is 0 Å². The molecule has 3 nitrogen and oxygen atoms in total. The highest BCUT2D eigenvalue weighted by Gasteiger charge is 2.27. The van der Waals surface area contributed by atoms with E-state index in [0.717, 1.165) is 17.2 Å². The molecule has 0 aromatic carbocycles. The molecule has 0 saturated heterocycles. The number of methoxy groups -OCH3 is 2. The molecule has 1 fully saturated rings. The van der Waals surface area contributed by atoms with Crippen LogP contribution in [0.15, 0.2) is 17.8 Å². The lowest BCUT2D eigenvalue weighted by Crippen LogP contribution is -2.23. The number of hydrogen-bond acceptors (Lipinski definition) is 3. The van der Waals surface area contributed by atoms with Crippen molar-refractivity contribution in [2.45, 2.75) is 46.5 Å². The first-order chi connectivity index (χ1) is 9.95. The summed E-state index contributed by atoms with van der Waals surface area (Å²) in [6.45, 7) is 7.05. The first kappa shape index (κ1) is 15.9. The van der Waals surface area contributed by atoms with E-state index in [0.29, 0.717) is 11.3 Å². The summed E-state index contributed by atoms with van der Waals surface area (Å²) in [4.78, 5) is 4.19. The summed E-state index contributed by atoms with van der Waals surface area (Å²) in [6.07, 6.45) is 8.93. The fourth-order valence-electron chi connectivity index (χ4n) is 3.13. The topological polar surface area (TPSA) is 31.4 Å². The maximum atomic E-state index is 5.45. The van der Waals surface area contributed by atoms with E-state index in [9.17, 15) is 0 Å². The molecule has 0 amide bonds. The monoisotopic (exact) mass is 289 g/mol. The molecule has 1 heterocycles. The van der Waals surface area contributed by atoms with Gasteiger partial charge in [-0.1, -0.05) is 32.4 Å². The average Bonchev–Trinajstić information content (AvgIpc) is 2.46. The van der Waals surface area contributed by atoms with Crippen molar-refractivity contribution >= 4 is 6.08 Å². The Morgan fingerprint density at radius 3 is 2.33 bits per heavy atom. The van der Waals surface area contributed by atoms with Crippen molar-refractivity contribution in [2.24, 2.45) is 11.3 Å². The fourth-order valence-corrected chi connectivity index (χ4v) is 3.13. The molecule has 0 unspecified atom stereocenters. The first-order valence-electron chi connectivity index (χ1n) is 7.72. The lowest BCUT2D eigenvalue weighted by Gasteiger charge is -2.34. The smallest absolute Gasteiger partial charge is 0.257 e. The second kappa shape index (κ2) is 6.50. The van der Waals surface area contributed by atoms with E-state index in [1.807, 2.05) is 6.07 Å². The molecule has 1 saturated carbocycles. The molecule has 21 heavy (non-hydrogen) atoms. The zero-order valence-electron chi connectivity index (χ0n) is 13.9. The lowest BCUT2D eigenvalue weighted by atomic mass is 9.71. The van der Waals surface area contributed by atoms with Gasteiger partial charge in [-0.2, -0.15) is 0 Å². The second-order valence-electron chi connectivity index (χ2n) is 6.89. The number of rotatable bonds is 3. The number of allylic oxidation sites excluding steroid dienone is 1. The van der Waals surface area contributed by atoms with Gasteiger partial charge in [-0.15, -0.1) is 0 Å². The molecule has 0 atom stereocenters. The Balaban J connectivity index is 2.15. The summed E-state index contributed by atoms with van der Waals surface area (Å²) in [7, 11) is 3.29. The molecule has 3 heteroatoms. The summed E-state index contributed by atoms with van der Waals surface area (Å²) in [5, 5.41) is 0. The van der Waals surface area contributed by atoms with Crippen molar-refractivity contribution in [3.05, 3.63) is 23.4 Å². The van der Waals surface area contributed by atoms with Crippen molar-refractivity contribution in [1.82, 2.24) is 4.98 Å². The molecular formula is C18H27NO2. The summed E-state index contributed by atoms with van der Waals surface area (Å²) >= 11 is 0. The highest BCUT2D eigenvalue weighted by atomic mass is 16.5. The van der Waals surface area contributed by atoms with Crippen molar-refractivity contribution in [1.29, 1.82) is 0 Å². The number of nitrogens with zero attached hydrogens (tertiary/aromatic N) is 1. The average molecular weight is 289 g/mol. The zero-order chi connectivity index (χ0) is 15.5. The van der Waals surface area contributed by atoms with Gasteiger partial charge in [0.2, 0.25) is 0 Å². The summed E-state index contributed by atoms with van der Waals surface area (Å²) in [5.41, 5.74) is 2.99. The number of pyridine rings is 1. The molecule has 2 rings (SSSR count). The van der Waals surface area contributed by atoms with Crippen molar-refractivity contribution in [2.75, 3.05) is 14.2 Å². The third-order valence-electron chi connectivity index (χ3n) is 4.51. The van der Waals surface area contributed by atoms with E-state index in [1.54, 1.807) is 20.4 Å². The van der Waals surface area contributed by atoms with Crippen LogP contribution < -0.4 is 9.47 Å². The van der Waals surface area contributed by atoms with Gasteiger partial charge in [-0.25, -0.2) is 4.98 Å². The van der Waals surface area contributed by atoms with Gasteiger partial charge >= 0.3 is 0 Å². The third kappa shape index (κ3) is 3.78. The van der Waals surface area contributed by atoms with Crippen LogP contribution in [-0.2, 0) is 0 Å². The van der Waals surface area contributed by atoms with Gasteiger partial charge < -0.3 is 9.47 Å². The molecular weight excluding hydrogens is 262 g/mol. The molecule has 0 N–H and O–H groups in total. The molecule has 0 aliphatic heterocycles. The van der Waals surface area contributed by atoms with Crippen LogP contribution in [0.2, 0.25) is 0 Å². The zero-order valence-corrected chi connectivity index (χ0v) is 13.9. The predicted molar refractivity (Wildman–Crippen MR) is 86.7 cm³/mol. The maximum absolute atomic E-state index is 5.45. The number of aromatic nitrogens is 1. The van der Waals surface area contributed by atoms with Crippen LogP contribution in [-0.4, -0.2) is 19.2 Å². The summed E-state index contributed by atoms with van der Waals surface area (Å²) in [5.74, 6) is 2.10. The highest BCUT2D eigenvalue weighted by molar-refractivity contribution is 5.62. The Morgan fingerprint density at radius 2 is 1.81 bits per heavy atom. The Labute approximate surface area is 128 Å². The van der Waals surface area contributed by atoms with E-state index >= 15 is 0 Å². The first-order valence-corrected chi connectivity index (χ1v) is 7.72. The Hall–Kier alpha value is -1.51. The van der Waals surface area contributed by atoms with E-state index in [2.05, 4.69) is 31.8 Å². The third-order valence-corrected chi connectivity index (χ3v) is 4.51. The standard InChI is InChI=1S/C18H27NO2/c1-18(2,3)15-8-6-13(7-9-15)12-14-10-11-19-17(21-5)16(14)20-4/h10-12,15H,6-9H2,1-5H3. The summed E-state index contributed by atoms with van der Waals surface area (Å²) < 4.78 is 10.7. The maximum Gasteiger partial charge on any atom is 0.257 e.